The maximum atomic E-state index is 5.65. The van der Waals surface area contributed by atoms with Crippen LogP contribution in [0.25, 0.3) is 0 Å². The van der Waals surface area contributed by atoms with Gasteiger partial charge in [-0.05, 0) is 13.0 Å². The molecule has 0 aliphatic rings. The molecule has 0 bridgehead atoms. The molecule has 56 valence electrons. The minimum absolute atomic E-state index is 0.0313. The Bertz CT molecular complexity index is 239. The zero-order valence-electron chi connectivity index (χ0n) is 6.74. The van der Waals surface area contributed by atoms with Crippen molar-refractivity contribution in [3.8, 4) is 0 Å². The van der Waals surface area contributed by atoms with Crippen molar-refractivity contribution in [1.29, 1.82) is 0 Å². The number of methoxy groups -OCH3 is 1. The quantitative estimate of drug-likeness (QED) is 0.571. The molecule has 1 heterocycles. The van der Waals surface area contributed by atoms with Crippen molar-refractivity contribution in [2.75, 3.05) is 7.11 Å². The third-order valence-electron chi connectivity index (χ3n) is 1.61. The minimum atomic E-state index is -0.0313. The molecule has 1 aromatic rings. The highest BCUT2D eigenvalue weighted by Crippen LogP contribution is 2.08. The van der Waals surface area contributed by atoms with Crippen LogP contribution in [0.2, 0.25) is 0 Å². The van der Waals surface area contributed by atoms with Crippen LogP contribution in [0.1, 0.15) is 18.7 Å². The normalized spacial score (nSPS) is 12.9. The molecule has 2 radical (unpaired) electrons. The maximum absolute atomic E-state index is 5.65. The zero-order chi connectivity index (χ0) is 8.27. The van der Waals surface area contributed by atoms with Gasteiger partial charge in [0.2, 0.25) is 0 Å². The van der Waals surface area contributed by atoms with Gasteiger partial charge in [0.15, 0.2) is 0 Å². The van der Waals surface area contributed by atoms with Crippen molar-refractivity contribution in [2.45, 2.75) is 13.0 Å². The van der Waals surface area contributed by atoms with Crippen molar-refractivity contribution < 1.29 is 4.74 Å². The summed E-state index contributed by atoms with van der Waals surface area (Å²) < 4.78 is 5.07. The van der Waals surface area contributed by atoms with Crippen molar-refractivity contribution in [1.82, 2.24) is 4.98 Å². The zero-order valence-corrected chi connectivity index (χ0v) is 6.74. The fraction of sp³-hybridized carbons (Fsp3) is 0.375. The molecule has 0 N–H and O–H groups in total. The number of pyridine rings is 1. The number of aromatic nitrogens is 1. The van der Waals surface area contributed by atoms with E-state index in [0.29, 0.717) is 5.46 Å². The predicted octanol–water partition coefficient (Wildman–Crippen LogP) is 0.583. The molecule has 1 aromatic heterocycles. The molecule has 1 atom stereocenters. The summed E-state index contributed by atoms with van der Waals surface area (Å²) in [6, 6.07) is 3.62. The topological polar surface area (TPSA) is 22.1 Å². The second-order valence-electron chi connectivity index (χ2n) is 2.36. The SMILES string of the molecule is [B]c1cccnc1[C@H](C)OC. The fourth-order valence-corrected chi connectivity index (χ4v) is 0.881. The van der Waals surface area contributed by atoms with Gasteiger partial charge in [-0.25, -0.2) is 0 Å². The molecule has 0 aliphatic heterocycles. The summed E-state index contributed by atoms with van der Waals surface area (Å²) in [5.41, 5.74) is 1.48. The van der Waals surface area contributed by atoms with Crippen LogP contribution in [0.4, 0.5) is 0 Å². The van der Waals surface area contributed by atoms with E-state index in [0.717, 1.165) is 5.69 Å². The van der Waals surface area contributed by atoms with Gasteiger partial charge >= 0.3 is 0 Å². The smallest absolute Gasteiger partial charge is 0.116 e. The highest BCUT2D eigenvalue weighted by atomic mass is 16.5. The number of hydrogen-bond acceptors (Lipinski definition) is 2. The molecule has 0 aliphatic carbocycles. The van der Waals surface area contributed by atoms with Gasteiger partial charge in [-0.3, -0.25) is 4.98 Å². The van der Waals surface area contributed by atoms with Gasteiger partial charge in [0.05, 0.1) is 11.8 Å². The Kier molecular flexibility index (Phi) is 2.66. The molecule has 0 saturated heterocycles. The van der Waals surface area contributed by atoms with Crippen LogP contribution in [-0.2, 0) is 4.74 Å². The van der Waals surface area contributed by atoms with Crippen molar-refractivity contribution in [2.24, 2.45) is 0 Å². The summed E-state index contributed by atoms with van der Waals surface area (Å²) in [6.07, 6.45) is 1.68. The Morgan fingerprint density at radius 1 is 1.64 bits per heavy atom. The molecular formula is C8H10BNO. The van der Waals surface area contributed by atoms with Crippen molar-refractivity contribution in [3.05, 3.63) is 24.0 Å². The molecule has 0 saturated carbocycles. The van der Waals surface area contributed by atoms with Gasteiger partial charge in [0.1, 0.15) is 7.85 Å². The second kappa shape index (κ2) is 3.53. The lowest BCUT2D eigenvalue weighted by Gasteiger charge is -2.10. The summed E-state index contributed by atoms with van der Waals surface area (Å²) >= 11 is 0. The minimum Gasteiger partial charge on any atom is -0.375 e. The van der Waals surface area contributed by atoms with E-state index in [9.17, 15) is 0 Å². The van der Waals surface area contributed by atoms with Crippen LogP contribution >= 0.6 is 0 Å². The molecular weight excluding hydrogens is 137 g/mol. The lowest BCUT2D eigenvalue weighted by Crippen LogP contribution is -2.15. The summed E-state index contributed by atoms with van der Waals surface area (Å²) in [5.74, 6) is 0. The third-order valence-corrected chi connectivity index (χ3v) is 1.61. The van der Waals surface area contributed by atoms with Crippen LogP contribution in [0.3, 0.4) is 0 Å². The molecule has 3 heteroatoms. The fourth-order valence-electron chi connectivity index (χ4n) is 0.881. The molecule has 11 heavy (non-hydrogen) atoms. The maximum Gasteiger partial charge on any atom is 0.116 e. The van der Waals surface area contributed by atoms with Crippen molar-refractivity contribution >= 4 is 13.3 Å². The van der Waals surface area contributed by atoms with Gasteiger partial charge in [-0.2, -0.15) is 0 Å². The average molecular weight is 147 g/mol. The Morgan fingerprint density at radius 2 is 2.36 bits per heavy atom. The molecule has 1 rings (SSSR count). The van der Waals surface area contributed by atoms with E-state index in [-0.39, 0.29) is 6.10 Å². The number of ether oxygens (including phenoxy) is 1. The van der Waals surface area contributed by atoms with E-state index in [1.807, 2.05) is 13.0 Å². The van der Waals surface area contributed by atoms with Gasteiger partial charge < -0.3 is 4.74 Å². The lowest BCUT2D eigenvalue weighted by atomic mass is 9.92. The lowest BCUT2D eigenvalue weighted by molar-refractivity contribution is 0.117. The van der Waals surface area contributed by atoms with E-state index in [4.69, 9.17) is 12.6 Å². The molecule has 0 unspecified atom stereocenters. The van der Waals surface area contributed by atoms with Crippen LogP contribution in [0, 0.1) is 0 Å². The summed E-state index contributed by atoms with van der Waals surface area (Å²) in [5, 5.41) is 0. The monoisotopic (exact) mass is 147 g/mol. The van der Waals surface area contributed by atoms with Crippen LogP contribution in [0.15, 0.2) is 18.3 Å². The van der Waals surface area contributed by atoms with Crippen molar-refractivity contribution in [3.63, 3.8) is 0 Å². The molecule has 0 spiro atoms. The first-order valence-electron chi connectivity index (χ1n) is 3.49. The second-order valence-corrected chi connectivity index (χ2v) is 2.36. The summed E-state index contributed by atoms with van der Waals surface area (Å²) in [4.78, 5) is 4.10. The Hall–Kier alpha value is -0.825. The van der Waals surface area contributed by atoms with Crippen LogP contribution in [0.5, 0.6) is 0 Å². The van der Waals surface area contributed by atoms with Gasteiger partial charge in [-0.15, -0.1) is 0 Å². The number of rotatable bonds is 2. The molecule has 0 amide bonds. The number of nitrogens with zero attached hydrogens (tertiary/aromatic N) is 1. The van der Waals surface area contributed by atoms with Gasteiger partial charge in [-0.1, -0.05) is 11.5 Å². The third kappa shape index (κ3) is 1.81. The highest BCUT2D eigenvalue weighted by Gasteiger charge is 2.05. The van der Waals surface area contributed by atoms with E-state index in [1.54, 1.807) is 19.4 Å². The van der Waals surface area contributed by atoms with Gasteiger partial charge in [0.25, 0.3) is 0 Å². The van der Waals surface area contributed by atoms with Gasteiger partial charge in [0, 0.05) is 13.3 Å². The Labute approximate surface area is 68.0 Å². The Balaban J connectivity index is 2.93. The van der Waals surface area contributed by atoms with E-state index >= 15 is 0 Å². The summed E-state index contributed by atoms with van der Waals surface area (Å²) in [6.45, 7) is 1.92. The predicted molar refractivity (Wildman–Crippen MR) is 45.0 cm³/mol. The Morgan fingerprint density at radius 3 is 2.91 bits per heavy atom. The first-order chi connectivity index (χ1) is 5.25. The average Bonchev–Trinajstić information content (AvgIpc) is 2.04. The van der Waals surface area contributed by atoms with E-state index < -0.39 is 0 Å². The first-order valence-corrected chi connectivity index (χ1v) is 3.49. The summed E-state index contributed by atoms with van der Waals surface area (Å²) in [7, 11) is 7.29. The first kappa shape index (κ1) is 8.27. The standard InChI is InChI=1S/C8H10BNO/c1-6(11-2)8-7(9)4-3-5-10-8/h3-6H,1-2H3/t6-/m0/s1. The van der Waals surface area contributed by atoms with E-state index in [1.165, 1.54) is 0 Å². The van der Waals surface area contributed by atoms with E-state index in [2.05, 4.69) is 4.98 Å². The number of hydrogen-bond donors (Lipinski definition) is 0. The molecule has 2 nitrogen and oxygen atoms in total. The van der Waals surface area contributed by atoms with Crippen LogP contribution in [-0.4, -0.2) is 19.9 Å². The molecule has 0 fully saturated rings. The largest absolute Gasteiger partial charge is 0.375 e. The highest BCUT2D eigenvalue weighted by molar-refractivity contribution is 6.33. The van der Waals surface area contributed by atoms with Crippen LogP contribution < -0.4 is 5.46 Å². The molecule has 0 aromatic carbocycles.